The molecule has 0 saturated carbocycles. The number of aliphatic carboxylic acids is 1. The minimum Gasteiger partial charge on any atom is -0.481 e. The maximum Gasteiger partial charge on any atom is 0.305 e. The van der Waals surface area contributed by atoms with E-state index in [-0.39, 0.29) is 30.7 Å². The summed E-state index contributed by atoms with van der Waals surface area (Å²) in [6.07, 6.45) is 4.45. The van der Waals surface area contributed by atoms with Gasteiger partial charge in [0.15, 0.2) is 0 Å². The number of nitrogens with zero attached hydrogens (tertiary/aromatic N) is 1. The molecule has 2 unspecified atom stereocenters. The van der Waals surface area contributed by atoms with E-state index in [9.17, 15) is 14.4 Å². The standard InChI is InChI=1S/C32H35ClN2O4S/c1-3-4-28(21-5-7-23(8-6-21)31(38)34-17-15-29(36)37)30(22-9-12-26(33)13-10-22)32(39)35-18-16-24-19-27(40-2)14-11-25(24)20-35/h5-14,19,28,30H,3-4,15-18,20H2,1-2H3,(H,34,38)(H,36,37). The first-order valence-corrected chi connectivity index (χ1v) is 15.2. The number of halogens is 1. The van der Waals surface area contributed by atoms with Crippen LogP contribution in [0.15, 0.2) is 71.6 Å². The van der Waals surface area contributed by atoms with Crippen LogP contribution in [0.2, 0.25) is 5.02 Å². The van der Waals surface area contributed by atoms with E-state index < -0.39 is 11.9 Å². The largest absolute Gasteiger partial charge is 0.481 e. The maximum atomic E-state index is 14.3. The van der Waals surface area contributed by atoms with Gasteiger partial charge in [0, 0.05) is 35.1 Å². The lowest BCUT2D eigenvalue weighted by Gasteiger charge is -2.35. The number of carbonyl (C=O) groups is 3. The van der Waals surface area contributed by atoms with Gasteiger partial charge in [0.25, 0.3) is 5.91 Å². The summed E-state index contributed by atoms with van der Waals surface area (Å²) >= 11 is 7.94. The minimum absolute atomic E-state index is 0.0685. The summed E-state index contributed by atoms with van der Waals surface area (Å²) in [5, 5.41) is 12.1. The first kappa shape index (κ1) is 29.7. The first-order chi connectivity index (χ1) is 19.3. The molecular formula is C32H35ClN2O4S. The number of carbonyl (C=O) groups excluding carboxylic acids is 2. The summed E-state index contributed by atoms with van der Waals surface area (Å²) in [5.41, 5.74) is 4.86. The summed E-state index contributed by atoms with van der Waals surface area (Å²) in [6, 6.07) is 21.4. The van der Waals surface area contributed by atoms with Gasteiger partial charge >= 0.3 is 5.97 Å². The van der Waals surface area contributed by atoms with E-state index in [1.54, 1.807) is 23.9 Å². The predicted molar refractivity (Wildman–Crippen MR) is 160 cm³/mol. The molecule has 0 aliphatic carbocycles. The van der Waals surface area contributed by atoms with Crippen LogP contribution in [0.25, 0.3) is 0 Å². The highest BCUT2D eigenvalue weighted by Gasteiger charge is 2.35. The molecule has 2 atom stereocenters. The molecule has 40 heavy (non-hydrogen) atoms. The molecule has 2 N–H and O–H groups in total. The molecule has 3 aromatic rings. The molecular weight excluding hydrogens is 544 g/mol. The number of carboxylic acid groups (broad SMARTS) is 1. The lowest BCUT2D eigenvalue weighted by molar-refractivity contribution is -0.137. The molecule has 2 amide bonds. The van der Waals surface area contributed by atoms with E-state index in [1.807, 2.05) is 41.3 Å². The molecule has 210 valence electrons. The van der Waals surface area contributed by atoms with Crippen molar-refractivity contribution in [1.29, 1.82) is 0 Å². The Morgan fingerprint density at radius 1 is 1.00 bits per heavy atom. The fraction of sp³-hybridized carbons (Fsp3) is 0.344. The lowest BCUT2D eigenvalue weighted by Crippen LogP contribution is -2.40. The van der Waals surface area contributed by atoms with Crippen molar-refractivity contribution in [2.24, 2.45) is 0 Å². The third kappa shape index (κ3) is 7.26. The molecule has 0 fully saturated rings. The van der Waals surface area contributed by atoms with Crippen molar-refractivity contribution in [2.75, 3.05) is 19.3 Å². The highest BCUT2D eigenvalue weighted by atomic mass is 35.5. The Morgan fingerprint density at radius 2 is 1.70 bits per heavy atom. The number of fused-ring (bicyclic) bond motifs is 1. The number of carboxylic acids is 1. The van der Waals surface area contributed by atoms with Crippen molar-refractivity contribution in [3.8, 4) is 0 Å². The smallest absolute Gasteiger partial charge is 0.305 e. The van der Waals surface area contributed by atoms with Crippen LogP contribution in [0.1, 0.15) is 70.6 Å². The van der Waals surface area contributed by atoms with Crippen molar-refractivity contribution >= 4 is 41.1 Å². The van der Waals surface area contributed by atoms with E-state index >= 15 is 0 Å². The number of hydrogen-bond acceptors (Lipinski definition) is 4. The van der Waals surface area contributed by atoms with Crippen LogP contribution in [-0.4, -0.2) is 47.1 Å². The second kappa shape index (κ2) is 13.9. The second-order valence-electron chi connectivity index (χ2n) is 10.1. The molecule has 0 spiro atoms. The third-order valence-corrected chi connectivity index (χ3v) is 8.44. The van der Waals surface area contributed by atoms with Crippen LogP contribution in [0, 0.1) is 0 Å². The molecule has 0 radical (unpaired) electrons. The number of thioether (sulfide) groups is 1. The third-order valence-electron chi connectivity index (χ3n) is 7.46. The molecule has 0 saturated heterocycles. The maximum absolute atomic E-state index is 14.3. The van der Waals surface area contributed by atoms with Gasteiger partial charge in [-0.25, -0.2) is 0 Å². The molecule has 8 heteroatoms. The fourth-order valence-corrected chi connectivity index (χ4v) is 5.95. The average molecular weight is 579 g/mol. The van der Waals surface area contributed by atoms with Crippen LogP contribution in [-0.2, 0) is 22.6 Å². The SMILES string of the molecule is CCCC(c1ccc(C(=O)NCCC(=O)O)cc1)C(C(=O)N1CCc2cc(SC)ccc2C1)c1ccc(Cl)cc1. The Bertz CT molecular complexity index is 1340. The van der Waals surface area contributed by atoms with Gasteiger partial charge in [0.2, 0.25) is 5.91 Å². The number of amides is 2. The summed E-state index contributed by atoms with van der Waals surface area (Å²) in [5.74, 6) is -1.68. The fourth-order valence-electron chi connectivity index (χ4n) is 5.36. The van der Waals surface area contributed by atoms with Gasteiger partial charge in [-0.3, -0.25) is 14.4 Å². The van der Waals surface area contributed by atoms with Crippen molar-refractivity contribution in [1.82, 2.24) is 10.2 Å². The van der Waals surface area contributed by atoms with Gasteiger partial charge in [-0.05, 0) is 83.7 Å². The van der Waals surface area contributed by atoms with E-state index in [0.717, 1.165) is 30.4 Å². The topological polar surface area (TPSA) is 86.7 Å². The zero-order valence-corrected chi connectivity index (χ0v) is 24.4. The zero-order valence-electron chi connectivity index (χ0n) is 22.9. The van der Waals surface area contributed by atoms with Crippen LogP contribution in [0.5, 0.6) is 0 Å². The van der Waals surface area contributed by atoms with Gasteiger partial charge in [-0.2, -0.15) is 0 Å². The first-order valence-electron chi connectivity index (χ1n) is 13.6. The van der Waals surface area contributed by atoms with Crippen molar-refractivity contribution in [2.45, 2.75) is 55.9 Å². The summed E-state index contributed by atoms with van der Waals surface area (Å²) in [6.45, 7) is 3.43. The van der Waals surface area contributed by atoms with Crippen molar-refractivity contribution in [3.05, 3.63) is 99.6 Å². The number of hydrogen-bond donors (Lipinski definition) is 2. The molecule has 3 aromatic carbocycles. The molecule has 0 bridgehead atoms. The Kier molecular flexibility index (Phi) is 10.3. The molecule has 1 aliphatic heterocycles. The highest BCUT2D eigenvalue weighted by Crippen LogP contribution is 2.39. The summed E-state index contributed by atoms with van der Waals surface area (Å²) < 4.78 is 0. The zero-order chi connectivity index (χ0) is 28.6. The van der Waals surface area contributed by atoms with Gasteiger partial charge < -0.3 is 15.3 Å². The lowest BCUT2D eigenvalue weighted by atomic mass is 9.77. The van der Waals surface area contributed by atoms with Gasteiger partial charge in [-0.15, -0.1) is 11.8 Å². The molecule has 6 nitrogen and oxygen atoms in total. The van der Waals surface area contributed by atoms with Crippen LogP contribution >= 0.6 is 23.4 Å². The Morgan fingerprint density at radius 3 is 2.35 bits per heavy atom. The van der Waals surface area contributed by atoms with E-state index in [2.05, 4.69) is 36.7 Å². The molecule has 1 heterocycles. The Balaban J connectivity index is 1.62. The quantitative estimate of drug-likeness (QED) is 0.253. The Hall–Kier alpha value is -3.29. The molecule has 0 aromatic heterocycles. The Labute approximate surface area is 245 Å². The van der Waals surface area contributed by atoms with Crippen molar-refractivity contribution < 1.29 is 19.5 Å². The van der Waals surface area contributed by atoms with E-state index in [0.29, 0.717) is 23.7 Å². The number of benzene rings is 3. The van der Waals surface area contributed by atoms with Crippen LogP contribution in [0.4, 0.5) is 0 Å². The van der Waals surface area contributed by atoms with Crippen molar-refractivity contribution in [3.63, 3.8) is 0 Å². The number of nitrogens with one attached hydrogen (secondary N) is 1. The highest BCUT2D eigenvalue weighted by molar-refractivity contribution is 7.98. The molecule has 4 rings (SSSR count). The van der Waals surface area contributed by atoms with Gasteiger partial charge in [0.05, 0.1) is 12.3 Å². The average Bonchev–Trinajstić information content (AvgIpc) is 2.97. The van der Waals surface area contributed by atoms with E-state index in [1.165, 1.54) is 16.0 Å². The minimum atomic E-state index is -0.960. The summed E-state index contributed by atoms with van der Waals surface area (Å²) in [7, 11) is 0. The van der Waals surface area contributed by atoms with Gasteiger partial charge in [-0.1, -0.05) is 55.3 Å². The van der Waals surface area contributed by atoms with Crippen LogP contribution < -0.4 is 5.32 Å². The summed E-state index contributed by atoms with van der Waals surface area (Å²) in [4.78, 5) is 40.8. The monoisotopic (exact) mass is 578 g/mol. The van der Waals surface area contributed by atoms with Crippen LogP contribution in [0.3, 0.4) is 0 Å². The molecule has 1 aliphatic rings. The second-order valence-corrected chi connectivity index (χ2v) is 11.4. The number of rotatable bonds is 11. The predicted octanol–water partition coefficient (Wildman–Crippen LogP) is 6.52. The normalized spacial score (nSPS) is 14.2. The van der Waals surface area contributed by atoms with E-state index in [4.69, 9.17) is 16.7 Å². The van der Waals surface area contributed by atoms with Gasteiger partial charge in [0.1, 0.15) is 0 Å².